The van der Waals surface area contributed by atoms with E-state index in [0.717, 1.165) is 6.07 Å². The minimum atomic E-state index is -0.712. The molecule has 0 unspecified atom stereocenters. The number of hydrogen-bond donors (Lipinski definition) is 2. The lowest BCUT2D eigenvalue weighted by Gasteiger charge is -2.05. The van der Waals surface area contributed by atoms with Gasteiger partial charge in [-0.1, -0.05) is 0 Å². The number of nitrogens with one attached hydrogen (secondary N) is 1. The van der Waals surface area contributed by atoms with E-state index in [1.807, 2.05) is 5.48 Å². The third-order valence-electron chi connectivity index (χ3n) is 1.68. The fourth-order valence-electron chi connectivity index (χ4n) is 1.10. The van der Waals surface area contributed by atoms with E-state index in [1.165, 1.54) is 12.1 Å². The molecule has 0 aromatic heterocycles. The van der Waals surface area contributed by atoms with Crippen LogP contribution in [0.3, 0.4) is 0 Å². The first-order chi connectivity index (χ1) is 7.49. The number of rotatable bonds is 4. The van der Waals surface area contributed by atoms with Gasteiger partial charge in [0.05, 0.1) is 0 Å². The number of halogens is 1. The van der Waals surface area contributed by atoms with Crippen molar-refractivity contribution in [3.05, 3.63) is 35.1 Å². The predicted molar refractivity (Wildman–Crippen MR) is 53.7 cm³/mol. The number of carbonyl (C=O) groups is 2. The second-order valence-corrected chi connectivity index (χ2v) is 3.20. The maximum atomic E-state index is 12.9. The summed E-state index contributed by atoms with van der Waals surface area (Å²) in [6, 6.07) is 3.85. The maximum absolute atomic E-state index is 12.9. The van der Waals surface area contributed by atoms with Gasteiger partial charge in [0.1, 0.15) is 5.82 Å². The number of hydroxylamine groups is 1. The highest BCUT2D eigenvalue weighted by Crippen LogP contribution is 2.07. The van der Waals surface area contributed by atoms with Crippen molar-refractivity contribution in [3.63, 3.8) is 0 Å². The van der Waals surface area contributed by atoms with Gasteiger partial charge in [-0.05, 0) is 30.7 Å². The number of nitrogens with two attached hydrogens (primary N) is 1. The van der Waals surface area contributed by atoms with Gasteiger partial charge < -0.3 is 5.73 Å². The molecule has 3 N–H and O–H groups in total. The summed E-state index contributed by atoms with van der Waals surface area (Å²) in [5.41, 5.74) is 7.49. The Kier molecular flexibility index (Phi) is 3.96. The number of primary amides is 1. The summed E-state index contributed by atoms with van der Waals surface area (Å²) in [6.07, 6.45) is 0. The van der Waals surface area contributed by atoms with Crippen LogP contribution in [-0.2, 0) is 9.63 Å². The van der Waals surface area contributed by atoms with Crippen LogP contribution in [0.15, 0.2) is 18.2 Å². The molecule has 0 aliphatic heterocycles. The van der Waals surface area contributed by atoms with Gasteiger partial charge in [0.25, 0.3) is 5.91 Å². The van der Waals surface area contributed by atoms with E-state index in [-0.39, 0.29) is 5.56 Å². The van der Waals surface area contributed by atoms with Crippen LogP contribution in [-0.4, -0.2) is 18.4 Å². The largest absolute Gasteiger partial charge is 0.368 e. The van der Waals surface area contributed by atoms with Gasteiger partial charge >= 0.3 is 0 Å². The van der Waals surface area contributed by atoms with Crippen molar-refractivity contribution in [1.82, 2.24) is 5.48 Å². The Morgan fingerprint density at radius 1 is 1.44 bits per heavy atom. The Hall–Kier alpha value is -1.95. The van der Waals surface area contributed by atoms with E-state index >= 15 is 0 Å². The number of hydrogen-bond acceptors (Lipinski definition) is 3. The highest BCUT2D eigenvalue weighted by atomic mass is 19.1. The quantitative estimate of drug-likeness (QED) is 0.723. The highest BCUT2D eigenvalue weighted by Gasteiger charge is 2.08. The van der Waals surface area contributed by atoms with Crippen LogP contribution in [0, 0.1) is 12.7 Å². The number of amides is 2. The van der Waals surface area contributed by atoms with Gasteiger partial charge in [0.15, 0.2) is 6.61 Å². The molecule has 0 saturated heterocycles. The lowest BCUT2D eigenvalue weighted by Crippen LogP contribution is -2.29. The van der Waals surface area contributed by atoms with Gasteiger partial charge in [0.2, 0.25) is 5.91 Å². The average molecular weight is 226 g/mol. The van der Waals surface area contributed by atoms with E-state index in [2.05, 4.69) is 4.84 Å². The van der Waals surface area contributed by atoms with E-state index in [4.69, 9.17) is 5.73 Å². The van der Waals surface area contributed by atoms with Crippen molar-refractivity contribution in [3.8, 4) is 0 Å². The highest BCUT2D eigenvalue weighted by molar-refractivity contribution is 5.93. The summed E-state index contributed by atoms with van der Waals surface area (Å²) >= 11 is 0. The van der Waals surface area contributed by atoms with Gasteiger partial charge in [-0.15, -0.1) is 0 Å². The topological polar surface area (TPSA) is 81.4 Å². The van der Waals surface area contributed by atoms with Gasteiger partial charge in [-0.3, -0.25) is 14.4 Å². The Labute approximate surface area is 91.3 Å². The monoisotopic (exact) mass is 226 g/mol. The Bertz CT molecular complexity index is 400. The van der Waals surface area contributed by atoms with Crippen molar-refractivity contribution >= 4 is 11.8 Å². The van der Waals surface area contributed by atoms with E-state index < -0.39 is 24.2 Å². The average Bonchev–Trinajstić information content (AvgIpc) is 2.15. The lowest BCUT2D eigenvalue weighted by molar-refractivity contribution is -0.124. The second-order valence-electron chi connectivity index (χ2n) is 3.20. The summed E-state index contributed by atoms with van der Waals surface area (Å²) in [5.74, 6) is -1.86. The van der Waals surface area contributed by atoms with Crippen LogP contribution in [0.25, 0.3) is 0 Å². The minimum Gasteiger partial charge on any atom is -0.368 e. The Morgan fingerprint density at radius 2 is 2.12 bits per heavy atom. The molecule has 0 fully saturated rings. The van der Waals surface area contributed by atoms with Crippen molar-refractivity contribution < 1.29 is 18.8 Å². The number of carbonyl (C=O) groups excluding carboxylic acids is 2. The molecule has 5 nitrogen and oxygen atoms in total. The smallest absolute Gasteiger partial charge is 0.274 e. The van der Waals surface area contributed by atoms with Gasteiger partial charge in [-0.25, -0.2) is 9.87 Å². The molecule has 0 aliphatic carbocycles. The van der Waals surface area contributed by atoms with Crippen molar-refractivity contribution in [2.45, 2.75) is 6.92 Å². The standard InChI is InChI=1S/C10H11FN2O3/c1-6-2-7(4-8(11)3-6)10(15)13-16-5-9(12)14/h2-4H,5H2,1H3,(H2,12,14)(H,13,15). The maximum Gasteiger partial charge on any atom is 0.274 e. The van der Waals surface area contributed by atoms with E-state index in [0.29, 0.717) is 5.56 Å². The van der Waals surface area contributed by atoms with Crippen LogP contribution in [0.4, 0.5) is 4.39 Å². The molecule has 86 valence electrons. The predicted octanol–water partition coefficient (Wildman–Crippen LogP) is 0.281. The van der Waals surface area contributed by atoms with Crippen molar-refractivity contribution in [2.24, 2.45) is 5.73 Å². The Balaban J connectivity index is 2.62. The molecule has 16 heavy (non-hydrogen) atoms. The minimum absolute atomic E-state index is 0.113. The van der Waals surface area contributed by atoms with Crippen LogP contribution in [0.5, 0.6) is 0 Å². The molecule has 6 heteroatoms. The molecular weight excluding hydrogens is 215 g/mol. The van der Waals surface area contributed by atoms with Gasteiger partial charge in [-0.2, -0.15) is 0 Å². The molecule has 0 atom stereocenters. The van der Waals surface area contributed by atoms with Crippen molar-refractivity contribution in [2.75, 3.05) is 6.61 Å². The molecule has 0 saturated carbocycles. The lowest BCUT2D eigenvalue weighted by atomic mass is 10.1. The third kappa shape index (κ3) is 3.66. The molecule has 0 spiro atoms. The SMILES string of the molecule is Cc1cc(F)cc(C(=O)NOCC(N)=O)c1. The van der Waals surface area contributed by atoms with Crippen LogP contribution < -0.4 is 11.2 Å². The van der Waals surface area contributed by atoms with Crippen LogP contribution in [0.1, 0.15) is 15.9 Å². The fraction of sp³-hybridized carbons (Fsp3) is 0.200. The Morgan fingerprint density at radius 3 is 2.69 bits per heavy atom. The summed E-state index contributed by atoms with van der Waals surface area (Å²) in [5, 5.41) is 0. The van der Waals surface area contributed by atoms with E-state index in [9.17, 15) is 14.0 Å². The molecule has 2 amide bonds. The first-order valence-electron chi connectivity index (χ1n) is 4.46. The number of aryl methyl sites for hydroxylation is 1. The fourth-order valence-corrected chi connectivity index (χ4v) is 1.10. The molecular formula is C10H11FN2O3. The molecule has 0 heterocycles. The zero-order chi connectivity index (χ0) is 12.1. The molecule has 0 bridgehead atoms. The molecule has 1 aromatic rings. The molecule has 0 aliphatic rings. The second kappa shape index (κ2) is 5.22. The van der Waals surface area contributed by atoms with Gasteiger partial charge in [0, 0.05) is 5.56 Å². The normalized spacial score (nSPS) is 9.88. The number of benzene rings is 1. The summed E-state index contributed by atoms with van der Waals surface area (Å²) < 4.78 is 12.9. The molecule has 1 rings (SSSR count). The first-order valence-corrected chi connectivity index (χ1v) is 4.46. The summed E-state index contributed by atoms with van der Waals surface area (Å²) in [6.45, 7) is 1.23. The molecule has 0 radical (unpaired) electrons. The summed E-state index contributed by atoms with van der Waals surface area (Å²) in [7, 11) is 0. The zero-order valence-corrected chi connectivity index (χ0v) is 8.62. The third-order valence-corrected chi connectivity index (χ3v) is 1.68. The van der Waals surface area contributed by atoms with E-state index in [1.54, 1.807) is 6.92 Å². The first kappa shape index (κ1) is 12.1. The summed E-state index contributed by atoms with van der Waals surface area (Å²) in [4.78, 5) is 26.2. The molecule has 1 aromatic carbocycles. The van der Waals surface area contributed by atoms with Crippen molar-refractivity contribution in [1.29, 1.82) is 0 Å². The zero-order valence-electron chi connectivity index (χ0n) is 8.62. The van der Waals surface area contributed by atoms with Crippen LogP contribution >= 0.6 is 0 Å². The van der Waals surface area contributed by atoms with Crippen LogP contribution in [0.2, 0.25) is 0 Å².